The first-order valence-electron chi connectivity index (χ1n) is 20.4. The van der Waals surface area contributed by atoms with Crippen LogP contribution in [0, 0.1) is 0 Å². The van der Waals surface area contributed by atoms with Crippen LogP contribution >= 0.6 is 0 Å². The number of methoxy groups -OCH3 is 1. The molecule has 1 aliphatic rings. The Bertz CT molecular complexity index is 1230. The van der Waals surface area contributed by atoms with E-state index < -0.39 is 0 Å². The quantitative estimate of drug-likeness (QED) is 0.0477. The predicted octanol–water partition coefficient (Wildman–Crippen LogP) is 13.0. The van der Waals surface area contributed by atoms with Crippen LogP contribution in [-0.4, -0.2) is 28.9 Å². The maximum absolute atomic E-state index is 13.5. The zero-order chi connectivity index (χ0) is 36.2. The standard InChI is InChI=1S/C45H70O5/c1-4-6-8-10-12-14-16-18-19-21-23-25-27-29-31-33-39-44(41(48)36-42(50-3)45(39)49)43-37(34-38(46)35-40(43)47)32-30-28-26-24-22-20-17-15-13-11-9-7-5-2/h15,17-19,34-36,46-47H,4-14,16,20-33H2,1-3H3. The number of phenolic OH excluding ortho intramolecular Hbond substituents is 2. The van der Waals surface area contributed by atoms with Crippen LogP contribution in [0.4, 0.5) is 0 Å². The maximum atomic E-state index is 13.5. The SMILES string of the molecule is CCCCCCC=CCCCCCCCc1cc(O)cc(O)c1C1=C(CCCCCCCC=CCCCCCCCC)C(=O)C(OC)=CC1=O. The summed E-state index contributed by atoms with van der Waals surface area (Å²) < 4.78 is 5.29. The number of ether oxygens (including phenoxy) is 1. The number of aryl methyl sites for hydroxylation is 1. The molecule has 0 heterocycles. The molecule has 0 aliphatic heterocycles. The molecule has 0 unspecified atom stereocenters. The number of benzene rings is 1. The third-order valence-electron chi connectivity index (χ3n) is 9.86. The van der Waals surface area contributed by atoms with Crippen molar-refractivity contribution < 1.29 is 24.5 Å². The average Bonchev–Trinajstić information content (AvgIpc) is 3.10. The van der Waals surface area contributed by atoms with Crippen LogP contribution in [0.15, 0.2) is 53.8 Å². The number of rotatable bonds is 30. The van der Waals surface area contributed by atoms with Crippen molar-refractivity contribution in [3.63, 3.8) is 0 Å². The lowest BCUT2D eigenvalue weighted by atomic mass is 9.82. The molecule has 0 saturated heterocycles. The molecule has 0 fully saturated rings. The molecule has 1 aliphatic carbocycles. The van der Waals surface area contributed by atoms with Gasteiger partial charge in [-0.2, -0.15) is 0 Å². The summed E-state index contributed by atoms with van der Waals surface area (Å²) in [5.74, 6) is -0.762. The maximum Gasteiger partial charge on any atom is 0.224 e. The van der Waals surface area contributed by atoms with Gasteiger partial charge in [0.25, 0.3) is 0 Å². The number of ketones is 2. The highest BCUT2D eigenvalue weighted by Gasteiger charge is 2.32. The van der Waals surface area contributed by atoms with E-state index in [9.17, 15) is 19.8 Å². The summed E-state index contributed by atoms with van der Waals surface area (Å²) in [6, 6.07) is 2.91. The second-order valence-corrected chi connectivity index (χ2v) is 14.2. The Morgan fingerprint density at radius 1 is 0.580 bits per heavy atom. The fourth-order valence-corrected chi connectivity index (χ4v) is 6.89. The molecule has 2 rings (SSSR count). The first-order valence-corrected chi connectivity index (χ1v) is 20.4. The van der Waals surface area contributed by atoms with Crippen molar-refractivity contribution in [2.24, 2.45) is 0 Å². The number of Topliss-reactive ketones (excluding diaryl/α,β-unsaturated/α-hetero) is 1. The van der Waals surface area contributed by atoms with Gasteiger partial charge >= 0.3 is 0 Å². The van der Waals surface area contributed by atoms with Gasteiger partial charge in [0.1, 0.15) is 11.5 Å². The van der Waals surface area contributed by atoms with Crippen molar-refractivity contribution in [2.45, 2.75) is 181 Å². The first-order chi connectivity index (χ1) is 24.4. The topological polar surface area (TPSA) is 83.8 Å². The predicted molar refractivity (Wildman–Crippen MR) is 211 cm³/mol. The second kappa shape index (κ2) is 27.6. The van der Waals surface area contributed by atoms with Crippen molar-refractivity contribution in [1.29, 1.82) is 0 Å². The molecular formula is C45H70O5. The number of phenols is 2. The molecule has 0 aromatic heterocycles. The number of aromatic hydroxyl groups is 2. The van der Waals surface area contributed by atoms with Gasteiger partial charge in [-0.25, -0.2) is 0 Å². The molecule has 50 heavy (non-hydrogen) atoms. The van der Waals surface area contributed by atoms with Crippen molar-refractivity contribution in [3.8, 4) is 11.5 Å². The summed E-state index contributed by atoms with van der Waals surface area (Å²) in [7, 11) is 1.41. The molecule has 0 spiro atoms. The van der Waals surface area contributed by atoms with E-state index in [0.717, 1.165) is 64.2 Å². The van der Waals surface area contributed by atoms with Crippen molar-refractivity contribution in [3.05, 3.63) is 65.0 Å². The Balaban J connectivity index is 1.89. The van der Waals surface area contributed by atoms with Crippen molar-refractivity contribution in [2.75, 3.05) is 7.11 Å². The van der Waals surface area contributed by atoms with E-state index in [2.05, 4.69) is 38.2 Å². The molecule has 280 valence electrons. The summed E-state index contributed by atoms with van der Waals surface area (Å²) in [5.41, 5.74) is 1.77. The Morgan fingerprint density at radius 2 is 1.02 bits per heavy atom. The molecule has 5 nitrogen and oxygen atoms in total. The van der Waals surface area contributed by atoms with E-state index in [4.69, 9.17) is 4.74 Å². The van der Waals surface area contributed by atoms with E-state index in [-0.39, 0.29) is 34.4 Å². The largest absolute Gasteiger partial charge is 0.508 e. The van der Waals surface area contributed by atoms with Gasteiger partial charge in [-0.1, -0.05) is 128 Å². The molecule has 0 radical (unpaired) electrons. The van der Waals surface area contributed by atoms with Gasteiger partial charge in [0.05, 0.1) is 7.11 Å². The lowest BCUT2D eigenvalue weighted by Crippen LogP contribution is -2.20. The average molecular weight is 691 g/mol. The monoisotopic (exact) mass is 691 g/mol. The second-order valence-electron chi connectivity index (χ2n) is 14.2. The highest BCUT2D eigenvalue weighted by molar-refractivity contribution is 6.37. The summed E-state index contributed by atoms with van der Waals surface area (Å²) in [6.45, 7) is 4.50. The van der Waals surface area contributed by atoms with Crippen LogP contribution in [0.25, 0.3) is 5.57 Å². The smallest absolute Gasteiger partial charge is 0.224 e. The molecular weight excluding hydrogens is 620 g/mol. The Hall–Kier alpha value is -3.08. The number of unbranched alkanes of at least 4 members (excludes halogenated alkanes) is 20. The Kier molecular flexibility index (Phi) is 23.8. The van der Waals surface area contributed by atoms with Crippen LogP contribution in [-0.2, 0) is 20.7 Å². The van der Waals surface area contributed by atoms with Gasteiger partial charge < -0.3 is 14.9 Å². The van der Waals surface area contributed by atoms with Gasteiger partial charge in [-0.3, -0.25) is 9.59 Å². The van der Waals surface area contributed by atoms with E-state index in [0.29, 0.717) is 29.5 Å². The number of hydrogen-bond acceptors (Lipinski definition) is 5. The molecule has 0 atom stereocenters. The lowest BCUT2D eigenvalue weighted by Gasteiger charge is -2.22. The van der Waals surface area contributed by atoms with Gasteiger partial charge in [-0.05, 0) is 88.7 Å². The normalized spacial score (nSPS) is 13.7. The lowest BCUT2D eigenvalue weighted by molar-refractivity contribution is -0.117. The van der Waals surface area contributed by atoms with Crippen LogP contribution in [0.3, 0.4) is 0 Å². The van der Waals surface area contributed by atoms with Crippen LogP contribution in [0.5, 0.6) is 11.5 Å². The molecule has 5 heteroatoms. The van der Waals surface area contributed by atoms with Gasteiger partial charge in [0.15, 0.2) is 11.5 Å². The van der Waals surface area contributed by atoms with Crippen molar-refractivity contribution >= 4 is 17.1 Å². The third kappa shape index (κ3) is 17.2. The molecule has 0 saturated carbocycles. The number of allylic oxidation sites excluding steroid dienone is 7. The van der Waals surface area contributed by atoms with Crippen LogP contribution in [0.2, 0.25) is 0 Å². The van der Waals surface area contributed by atoms with Crippen molar-refractivity contribution in [1.82, 2.24) is 0 Å². The third-order valence-corrected chi connectivity index (χ3v) is 9.86. The minimum Gasteiger partial charge on any atom is -0.508 e. The highest BCUT2D eigenvalue weighted by atomic mass is 16.5. The molecule has 2 N–H and O–H groups in total. The minimum atomic E-state index is -0.329. The van der Waals surface area contributed by atoms with E-state index >= 15 is 0 Å². The van der Waals surface area contributed by atoms with Crippen LogP contribution in [0.1, 0.15) is 185 Å². The summed E-state index contributed by atoms with van der Waals surface area (Å²) in [4.78, 5) is 27.0. The molecule has 0 bridgehead atoms. The number of carbonyl (C=O) groups excluding carboxylic acids is 2. The Labute approximate surface area is 305 Å². The molecule has 1 aromatic carbocycles. The highest BCUT2D eigenvalue weighted by Crippen LogP contribution is 2.40. The number of carbonyl (C=O) groups is 2. The first kappa shape index (κ1) is 43.1. The number of hydrogen-bond donors (Lipinski definition) is 2. The van der Waals surface area contributed by atoms with E-state index in [1.165, 1.54) is 109 Å². The molecule has 1 aromatic rings. The summed E-state index contributed by atoms with van der Waals surface area (Å²) >= 11 is 0. The van der Waals surface area contributed by atoms with E-state index in [1.54, 1.807) is 6.07 Å². The summed E-state index contributed by atoms with van der Waals surface area (Å²) in [5, 5.41) is 21.4. The fourth-order valence-electron chi connectivity index (χ4n) is 6.89. The van der Waals surface area contributed by atoms with E-state index in [1.807, 2.05) is 0 Å². The zero-order valence-electron chi connectivity index (χ0n) is 32.0. The van der Waals surface area contributed by atoms with Crippen LogP contribution < -0.4 is 0 Å². The van der Waals surface area contributed by atoms with Gasteiger partial charge in [0.2, 0.25) is 5.78 Å². The van der Waals surface area contributed by atoms with Gasteiger partial charge in [-0.15, -0.1) is 0 Å². The fraction of sp³-hybridized carbons (Fsp3) is 0.644. The minimum absolute atomic E-state index is 0.0372. The zero-order valence-corrected chi connectivity index (χ0v) is 32.0. The summed E-state index contributed by atoms with van der Waals surface area (Å²) in [6.07, 6.45) is 40.0. The molecule has 0 amide bonds. The van der Waals surface area contributed by atoms with Gasteiger partial charge in [0, 0.05) is 28.9 Å². The Morgan fingerprint density at radius 3 is 1.52 bits per heavy atom.